The van der Waals surface area contributed by atoms with Crippen molar-refractivity contribution in [1.82, 2.24) is 0 Å². The largest absolute Gasteiger partial charge is 0.466 e. The van der Waals surface area contributed by atoms with Crippen LogP contribution in [-0.2, 0) is 28.6 Å². The number of nitrogens with zero attached hydrogens (tertiary/aromatic N) is 2. The van der Waals surface area contributed by atoms with Crippen LogP contribution in [0.4, 0.5) is 0 Å². The molecule has 0 aromatic heterocycles. The zero-order valence-electron chi connectivity index (χ0n) is 24.1. The monoisotopic (exact) mass is 540 g/mol. The van der Waals surface area contributed by atoms with Gasteiger partial charge in [-0.15, -0.1) is 0 Å². The van der Waals surface area contributed by atoms with E-state index in [4.69, 9.17) is 14.2 Å². The third-order valence-corrected chi connectivity index (χ3v) is 6.81. The minimum atomic E-state index is -0.805. The van der Waals surface area contributed by atoms with Gasteiger partial charge in [-0.25, -0.2) is 4.79 Å². The summed E-state index contributed by atoms with van der Waals surface area (Å²) in [5.74, 6) is -3.59. The molecule has 8 heteroatoms. The molecule has 0 radical (unpaired) electrons. The van der Waals surface area contributed by atoms with Crippen LogP contribution < -0.4 is 0 Å². The number of rotatable bonds is 15. The second kappa shape index (κ2) is 17.3. The lowest BCUT2D eigenvalue weighted by atomic mass is 9.69. The molecule has 0 saturated carbocycles. The van der Waals surface area contributed by atoms with E-state index in [1.54, 1.807) is 40.1 Å². The first kappa shape index (κ1) is 31.9. The van der Waals surface area contributed by atoms with Gasteiger partial charge in [-0.3, -0.25) is 19.6 Å². The Morgan fingerprint density at radius 1 is 0.923 bits per heavy atom. The van der Waals surface area contributed by atoms with Gasteiger partial charge < -0.3 is 14.2 Å². The molecule has 1 heterocycles. The highest BCUT2D eigenvalue weighted by Crippen LogP contribution is 2.42. The summed E-state index contributed by atoms with van der Waals surface area (Å²) < 4.78 is 16.2. The summed E-state index contributed by atoms with van der Waals surface area (Å²) in [5.41, 5.74) is 1.97. The van der Waals surface area contributed by atoms with Crippen molar-refractivity contribution in [3.8, 4) is 0 Å². The van der Waals surface area contributed by atoms with Gasteiger partial charge in [0.15, 0.2) is 0 Å². The molecule has 1 aromatic carbocycles. The zero-order valence-corrected chi connectivity index (χ0v) is 24.1. The van der Waals surface area contributed by atoms with Crippen LogP contribution in [0.5, 0.6) is 0 Å². The van der Waals surface area contributed by atoms with Crippen LogP contribution in [0.3, 0.4) is 0 Å². The number of ether oxygens (including phenoxy) is 3. The molecule has 0 fully saturated rings. The molecule has 4 atom stereocenters. The molecule has 2 rings (SSSR count). The van der Waals surface area contributed by atoms with E-state index in [2.05, 4.69) is 16.9 Å². The number of benzene rings is 1. The summed E-state index contributed by atoms with van der Waals surface area (Å²) in [5, 5.41) is 0. The van der Waals surface area contributed by atoms with E-state index < -0.39 is 41.7 Å². The number of hydrogen-bond acceptors (Lipinski definition) is 8. The van der Waals surface area contributed by atoms with Gasteiger partial charge in [0.2, 0.25) is 0 Å². The van der Waals surface area contributed by atoms with Gasteiger partial charge in [0.1, 0.15) is 5.92 Å². The van der Waals surface area contributed by atoms with E-state index in [1.807, 2.05) is 24.3 Å². The molecule has 1 aromatic rings. The topological polar surface area (TPSA) is 104 Å². The Kier molecular flexibility index (Phi) is 14.2. The van der Waals surface area contributed by atoms with Crippen LogP contribution in [-0.4, -0.2) is 62.7 Å². The fraction of sp³-hybridized carbons (Fsp3) is 0.581. The maximum Gasteiger partial charge on any atom is 0.330 e. The van der Waals surface area contributed by atoms with E-state index in [9.17, 15) is 14.4 Å². The van der Waals surface area contributed by atoms with Crippen LogP contribution in [0.2, 0.25) is 0 Å². The molecule has 0 saturated heterocycles. The van der Waals surface area contributed by atoms with Gasteiger partial charge in [-0.1, -0.05) is 63.3 Å². The Hall–Kier alpha value is -3.29. The maximum atomic E-state index is 13.3. The van der Waals surface area contributed by atoms with Crippen LogP contribution in [0.15, 0.2) is 40.3 Å². The minimum Gasteiger partial charge on any atom is -0.466 e. The Balaban J connectivity index is 2.38. The van der Waals surface area contributed by atoms with Crippen molar-refractivity contribution in [2.75, 3.05) is 26.9 Å². The molecule has 0 N–H and O–H groups in total. The first-order valence-electron chi connectivity index (χ1n) is 14.1. The predicted octanol–water partition coefficient (Wildman–Crippen LogP) is 5.59. The average Bonchev–Trinajstić information content (AvgIpc) is 2.91. The molecule has 0 aliphatic carbocycles. The summed E-state index contributed by atoms with van der Waals surface area (Å²) in [6.07, 6.45) is 11.3. The van der Waals surface area contributed by atoms with Crippen molar-refractivity contribution in [3.63, 3.8) is 0 Å². The van der Waals surface area contributed by atoms with Crippen molar-refractivity contribution >= 4 is 35.9 Å². The summed E-state index contributed by atoms with van der Waals surface area (Å²) in [7, 11) is 1.62. The predicted molar refractivity (Wildman–Crippen MR) is 154 cm³/mol. The lowest BCUT2D eigenvalue weighted by Gasteiger charge is -2.38. The third-order valence-electron chi connectivity index (χ3n) is 6.81. The SMILES string of the molecule is CCCCCCCCOC(=O)C=Cc1ccccc1C1C(C(=O)OCC)C(C)=NC(C=NC)C1C(=O)OCC. The van der Waals surface area contributed by atoms with Crippen LogP contribution in [0.1, 0.15) is 83.3 Å². The van der Waals surface area contributed by atoms with Crippen molar-refractivity contribution in [3.05, 3.63) is 41.5 Å². The smallest absolute Gasteiger partial charge is 0.330 e. The second-order valence-electron chi connectivity index (χ2n) is 9.60. The minimum absolute atomic E-state index is 0.191. The highest BCUT2D eigenvalue weighted by atomic mass is 16.5. The normalized spacial score (nSPS) is 21.1. The molecule has 1 aliphatic rings. The molecule has 39 heavy (non-hydrogen) atoms. The summed E-state index contributed by atoms with van der Waals surface area (Å²) >= 11 is 0. The summed E-state index contributed by atoms with van der Waals surface area (Å²) in [4.78, 5) is 47.8. The Labute approximate surface area is 232 Å². The van der Waals surface area contributed by atoms with Gasteiger partial charge in [-0.2, -0.15) is 0 Å². The Morgan fingerprint density at radius 3 is 2.28 bits per heavy atom. The van der Waals surface area contributed by atoms with Gasteiger partial charge in [0, 0.05) is 31.0 Å². The van der Waals surface area contributed by atoms with Gasteiger partial charge in [0.25, 0.3) is 0 Å². The second-order valence-corrected chi connectivity index (χ2v) is 9.60. The number of carbonyl (C=O) groups is 3. The highest BCUT2D eigenvalue weighted by molar-refractivity contribution is 6.05. The number of unbranched alkanes of at least 4 members (excludes halogenated alkanes) is 5. The first-order chi connectivity index (χ1) is 18.9. The van der Waals surface area contributed by atoms with Crippen LogP contribution in [0.25, 0.3) is 6.08 Å². The van der Waals surface area contributed by atoms with Crippen LogP contribution in [0, 0.1) is 11.8 Å². The molecule has 0 amide bonds. The van der Waals surface area contributed by atoms with E-state index in [1.165, 1.54) is 25.3 Å². The van der Waals surface area contributed by atoms with Gasteiger partial charge in [0.05, 0.1) is 31.8 Å². The van der Waals surface area contributed by atoms with E-state index in [-0.39, 0.29) is 13.2 Å². The fourth-order valence-electron chi connectivity index (χ4n) is 5.03. The van der Waals surface area contributed by atoms with E-state index >= 15 is 0 Å². The number of hydrogen-bond donors (Lipinski definition) is 0. The van der Waals surface area contributed by atoms with Crippen molar-refractivity contribution in [2.24, 2.45) is 21.8 Å². The van der Waals surface area contributed by atoms with E-state index in [0.717, 1.165) is 24.8 Å². The molecule has 4 unspecified atom stereocenters. The van der Waals surface area contributed by atoms with Crippen LogP contribution >= 0.6 is 0 Å². The van der Waals surface area contributed by atoms with Gasteiger partial charge >= 0.3 is 17.9 Å². The number of carbonyl (C=O) groups excluding carboxylic acids is 3. The van der Waals surface area contributed by atoms with Crippen molar-refractivity contribution < 1.29 is 28.6 Å². The Morgan fingerprint density at radius 2 is 1.59 bits per heavy atom. The van der Waals surface area contributed by atoms with E-state index in [0.29, 0.717) is 17.9 Å². The number of aliphatic imine (C=N–C) groups is 2. The quantitative estimate of drug-likeness (QED) is 0.0945. The number of esters is 3. The first-order valence-corrected chi connectivity index (χ1v) is 14.1. The fourth-order valence-corrected chi connectivity index (χ4v) is 5.03. The van der Waals surface area contributed by atoms with Gasteiger partial charge in [-0.05, 0) is 44.4 Å². The molecular formula is C31H44N2O6. The lowest BCUT2D eigenvalue weighted by molar-refractivity contribution is -0.152. The maximum absolute atomic E-state index is 13.3. The molecule has 214 valence electrons. The summed E-state index contributed by atoms with van der Waals surface area (Å²) in [6, 6.07) is 6.80. The summed E-state index contributed by atoms with van der Waals surface area (Å²) in [6.45, 7) is 8.20. The molecule has 0 spiro atoms. The molecular weight excluding hydrogens is 496 g/mol. The Bertz CT molecular complexity index is 1030. The molecule has 8 nitrogen and oxygen atoms in total. The van der Waals surface area contributed by atoms with Crippen molar-refractivity contribution in [2.45, 2.75) is 78.2 Å². The highest BCUT2D eigenvalue weighted by Gasteiger charge is 2.49. The molecule has 1 aliphatic heterocycles. The standard InChI is InChI=1S/C31H44N2O6/c1-6-9-10-11-12-15-20-39-26(34)19-18-23-16-13-14-17-24(23)28-27(30(35)37-7-2)22(4)33-25(21-32-5)29(28)31(36)38-8-3/h13-14,16-19,21,25,27-29H,6-12,15,20H2,1-5H3. The molecule has 0 bridgehead atoms. The third kappa shape index (κ3) is 9.44. The van der Waals surface area contributed by atoms with Crippen molar-refractivity contribution in [1.29, 1.82) is 0 Å². The lowest BCUT2D eigenvalue weighted by Crippen LogP contribution is -2.47. The zero-order chi connectivity index (χ0) is 28.6. The average molecular weight is 541 g/mol.